The van der Waals surface area contributed by atoms with E-state index in [0.29, 0.717) is 10.3 Å². The summed E-state index contributed by atoms with van der Waals surface area (Å²) in [6.07, 6.45) is 1.81. The van der Waals surface area contributed by atoms with Crippen LogP contribution in [0.3, 0.4) is 0 Å². The molecule has 0 unspecified atom stereocenters. The lowest BCUT2D eigenvalue weighted by Crippen LogP contribution is -2.01. The van der Waals surface area contributed by atoms with Gasteiger partial charge >= 0.3 is 0 Å². The maximum Gasteiger partial charge on any atom is 0.229 e. The Morgan fingerprint density at radius 1 is 1.29 bits per heavy atom. The van der Waals surface area contributed by atoms with Gasteiger partial charge in [-0.05, 0) is 52.2 Å². The molecule has 0 saturated carbocycles. The number of benzene rings is 1. The van der Waals surface area contributed by atoms with Crippen molar-refractivity contribution >= 4 is 39.1 Å². The zero-order valence-electron chi connectivity index (χ0n) is 9.12. The molecule has 90 valence electrons. The fraction of sp³-hybridized carbons (Fsp3) is 0.273. The van der Waals surface area contributed by atoms with Gasteiger partial charge in [0.2, 0.25) is 5.28 Å². The molecule has 2 rings (SSSR count). The van der Waals surface area contributed by atoms with Crippen molar-refractivity contribution in [3.05, 3.63) is 38.8 Å². The summed E-state index contributed by atoms with van der Waals surface area (Å²) in [5.41, 5.74) is 0.872. The molecule has 0 aliphatic carbocycles. The van der Waals surface area contributed by atoms with Crippen LogP contribution in [-0.2, 0) is 6.42 Å². The number of halogens is 3. The van der Waals surface area contributed by atoms with Crippen LogP contribution in [0.4, 0.5) is 0 Å². The van der Waals surface area contributed by atoms with E-state index in [4.69, 9.17) is 23.2 Å². The van der Waals surface area contributed by atoms with Crippen molar-refractivity contribution in [2.24, 2.45) is 0 Å². The topological polar surface area (TPSA) is 30.7 Å². The van der Waals surface area contributed by atoms with Crippen LogP contribution in [0.15, 0.2) is 22.7 Å². The maximum atomic E-state index is 6.07. The van der Waals surface area contributed by atoms with Crippen LogP contribution < -0.4 is 0 Å². The SMILES string of the molecule is CCCc1nnc(Cl)n1-c1ccc(Br)c(Cl)c1. The molecule has 0 fully saturated rings. The summed E-state index contributed by atoms with van der Waals surface area (Å²) < 4.78 is 2.66. The molecule has 1 aromatic carbocycles. The van der Waals surface area contributed by atoms with E-state index < -0.39 is 0 Å². The van der Waals surface area contributed by atoms with Crippen LogP contribution in [0.5, 0.6) is 0 Å². The number of nitrogens with zero attached hydrogens (tertiary/aromatic N) is 3. The highest BCUT2D eigenvalue weighted by atomic mass is 79.9. The summed E-state index contributed by atoms with van der Waals surface area (Å²) in [4.78, 5) is 0. The van der Waals surface area contributed by atoms with Crippen molar-refractivity contribution in [3.8, 4) is 5.69 Å². The smallest absolute Gasteiger partial charge is 0.229 e. The van der Waals surface area contributed by atoms with E-state index in [-0.39, 0.29) is 0 Å². The summed E-state index contributed by atoms with van der Waals surface area (Å²) in [6, 6.07) is 5.63. The van der Waals surface area contributed by atoms with Crippen LogP contribution in [0.25, 0.3) is 5.69 Å². The van der Waals surface area contributed by atoms with Gasteiger partial charge in [-0.15, -0.1) is 10.2 Å². The molecule has 1 heterocycles. The molecule has 0 bridgehead atoms. The molecular weight excluding hydrogens is 325 g/mol. The summed E-state index contributed by atoms with van der Waals surface area (Å²) in [5, 5.41) is 8.93. The number of rotatable bonds is 3. The lowest BCUT2D eigenvalue weighted by atomic mass is 10.3. The Morgan fingerprint density at radius 3 is 2.71 bits per heavy atom. The van der Waals surface area contributed by atoms with E-state index in [1.165, 1.54) is 0 Å². The predicted octanol–water partition coefficient (Wildman–Crippen LogP) is 4.29. The van der Waals surface area contributed by atoms with Gasteiger partial charge < -0.3 is 0 Å². The quantitative estimate of drug-likeness (QED) is 0.838. The minimum Gasteiger partial charge on any atom is -0.270 e. The van der Waals surface area contributed by atoms with Gasteiger partial charge in [-0.25, -0.2) is 0 Å². The average molecular weight is 335 g/mol. The van der Waals surface area contributed by atoms with Crippen LogP contribution in [0.1, 0.15) is 19.2 Å². The second-order valence-electron chi connectivity index (χ2n) is 3.57. The number of hydrogen-bond acceptors (Lipinski definition) is 2. The molecule has 0 aliphatic heterocycles. The normalized spacial score (nSPS) is 10.8. The summed E-state index contributed by atoms with van der Waals surface area (Å²) in [5.74, 6) is 0.843. The highest BCUT2D eigenvalue weighted by Crippen LogP contribution is 2.27. The third-order valence-electron chi connectivity index (χ3n) is 2.33. The second-order valence-corrected chi connectivity index (χ2v) is 5.17. The molecular formula is C11H10BrCl2N3. The van der Waals surface area contributed by atoms with E-state index in [2.05, 4.69) is 33.1 Å². The highest BCUT2D eigenvalue weighted by Gasteiger charge is 2.12. The number of aryl methyl sites for hydroxylation is 1. The molecule has 0 amide bonds. The van der Waals surface area contributed by atoms with Crippen molar-refractivity contribution in [2.75, 3.05) is 0 Å². The van der Waals surface area contributed by atoms with E-state index in [0.717, 1.165) is 28.8 Å². The lowest BCUT2D eigenvalue weighted by molar-refractivity contribution is 0.803. The van der Waals surface area contributed by atoms with Gasteiger partial charge in [0.1, 0.15) is 5.82 Å². The van der Waals surface area contributed by atoms with E-state index in [1.54, 1.807) is 0 Å². The first-order valence-corrected chi connectivity index (χ1v) is 6.73. The monoisotopic (exact) mass is 333 g/mol. The Morgan fingerprint density at radius 2 is 2.06 bits per heavy atom. The minimum absolute atomic E-state index is 0.354. The molecule has 3 nitrogen and oxygen atoms in total. The van der Waals surface area contributed by atoms with E-state index in [1.807, 2.05) is 22.8 Å². The third-order valence-corrected chi connectivity index (χ3v) is 3.80. The van der Waals surface area contributed by atoms with E-state index >= 15 is 0 Å². The Balaban J connectivity index is 2.51. The van der Waals surface area contributed by atoms with Crippen LogP contribution >= 0.6 is 39.1 Å². The summed E-state index contributed by atoms with van der Waals surface area (Å²) >= 11 is 15.5. The minimum atomic E-state index is 0.354. The van der Waals surface area contributed by atoms with Gasteiger partial charge in [0.05, 0.1) is 10.7 Å². The molecule has 0 N–H and O–H groups in total. The fourth-order valence-corrected chi connectivity index (χ4v) is 2.21. The van der Waals surface area contributed by atoms with Gasteiger partial charge in [-0.2, -0.15) is 0 Å². The molecule has 17 heavy (non-hydrogen) atoms. The number of aromatic nitrogens is 3. The fourth-order valence-electron chi connectivity index (χ4n) is 1.56. The second kappa shape index (κ2) is 5.38. The van der Waals surface area contributed by atoms with Gasteiger partial charge in [0.25, 0.3) is 0 Å². The van der Waals surface area contributed by atoms with Crippen molar-refractivity contribution in [1.29, 1.82) is 0 Å². The molecule has 1 aromatic heterocycles. The first-order valence-electron chi connectivity index (χ1n) is 5.18. The van der Waals surface area contributed by atoms with Gasteiger partial charge in [0.15, 0.2) is 0 Å². The standard InChI is InChI=1S/C11H10BrCl2N3/c1-2-3-10-15-16-11(14)17(10)7-4-5-8(12)9(13)6-7/h4-6H,2-3H2,1H3. The van der Waals surface area contributed by atoms with Crippen LogP contribution in [-0.4, -0.2) is 14.8 Å². The first kappa shape index (κ1) is 12.9. The Kier molecular flexibility index (Phi) is 4.07. The van der Waals surface area contributed by atoms with Crippen LogP contribution in [0.2, 0.25) is 10.3 Å². The Labute approximate surface area is 118 Å². The van der Waals surface area contributed by atoms with E-state index in [9.17, 15) is 0 Å². The lowest BCUT2D eigenvalue weighted by Gasteiger charge is -2.08. The van der Waals surface area contributed by atoms with Gasteiger partial charge in [0, 0.05) is 10.9 Å². The van der Waals surface area contributed by atoms with Crippen molar-refractivity contribution < 1.29 is 0 Å². The average Bonchev–Trinajstić information content (AvgIpc) is 2.65. The van der Waals surface area contributed by atoms with Crippen molar-refractivity contribution in [3.63, 3.8) is 0 Å². The van der Waals surface area contributed by atoms with Gasteiger partial charge in [-0.1, -0.05) is 18.5 Å². The molecule has 0 radical (unpaired) electrons. The van der Waals surface area contributed by atoms with Crippen molar-refractivity contribution in [2.45, 2.75) is 19.8 Å². The Bertz CT molecular complexity index is 540. The third kappa shape index (κ3) is 2.64. The molecule has 0 atom stereocenters. The largest absolute Gasteiger partial charge is 0.270 e. The zero-order valence-corrected chi connectivity index (χ0v) is 12.2. The van der Waals surface area contributed by atoms with Gasteiger partial charge in [-0.3, -0.25) is 4.57 Å². The maximum absolute atomic E-state index is 6.07. The molecule has 0 saturated heterocycles. The summed E-state index contributed by atoms with van der Waals surface area (Å²) in [7, 11) is 0. The Hall–Kier alpha value is -0.580. The molecule has 0 spiro atoms. The molecule has 2 aromatic rings. The molecule has 0 aliphatic rings. The summed E-state index contributed by atoms with van der Waals surface area (Å²) in [6.45, 7) is 2.08. The predicted molar refractivity (Wildman–Crippen MR) is 73.1 cm³/mol. The highest BCUT2D eigenvalue weighted by molar-refractivity contribution is 9.10. The van der Waals surface area contributed by atoms with Crippen molar-refractivity contribution in [1.82, 2.24) is 14.8 Å². The molecule has 6 heteroatoms. The zero-order chi connectivity index (χ0) is 12.4. The number of hydrogen-bond donors (Lipinski definition) is 0. The van der Waals surface area contributed by atoms with Crippen LogP contribution in [0, 0.1) is 0 Å². The first-order chi connectivity index (χ1) is 8.13.